The van der Waals surface area contributed by atoms with Crippen LogP contribution in [0.1, 0.15) is 30.5 Å². The fourth-order valence-electron chi connectivity index (χ4n) is 2.73. The first-order valence-corrected chi connectivity index (χ1v) is 7.72. The summed E-state index contributed by atoms with van der Waals surface area (Å²) in [5.41, 5.74) is -1.56. The Morgan fingerprint density at radius 2 is 1.88 bits per heavy atom. The number of aromatic nitrogens is 3. The van der Waals surface area contributed by atoms with Crippen molar-refractivity contribution in [2.45, 2.75) is 19.4 Å². The van der Waals surface area contributed by atoms with Crippen molar-refractivity contribution in [2.24, 2.45) is 7.05 Å². The van der Waals surface area contributed by atoms with Crippen molar-refractivity contribution in [3.8, 4) is 0 Å². The van der Waals surface area contributed by atoms with Gasteiger partial charge >= 0.3 is 0 Å². The Morgan fingerprint density at radius 3 is 2.58 bits per heavy atom. The van der Waals surface area contributed by atoms with E-state index in [4.69, 9.17) is 0 Å². The minimum Gasteiger partial charge on any atom is -0.361 e. The fraction of sp³-hybridized carbons (Fsp3) is 0.235. The zero-order chi connectivity index (χ0) is 19.0. The molecule has 1 aromatic carbocycles. The molecule has 2 aromatic heterocycles. The Labute approximate surface area is 145 Å². The van der Waals surface area contributed by atoms with Crippen molar-refractivity contribution in [3.05, 3.63) is 68.1 Å². The molecule has 0 aliphatic carbocycles. The number of alkyl halides is 2. The molecule has 2 heterocycles. The Bertz CT molecular complexity index is 1090. The standard InChI is InChI=1S/C17H15F3N4O2/c1-8(9-4-3-5-10(14(9)18)15(19)20)22-16-12-7-21-13(25)6-11(12)17(26)24(2)23-16/h3-8,15H,1-2H3,(H,21,25)(H,22,23). The lowest BCUT2D eigenvalue weighted by molar-refractivity contribution is 0.146. The third kappa shape index (κ3) is 3.07. The molecule has 2 N–H and O–H groups in total. The van der Waals surface area contributed by atoms with E-state index < -0.39 is 35.0 Å². The van der Waals surface area contributed by atoms with Crippen molar-refractivity contribution >= 4 is 16.6 Å². The van der Waals surface area contributed by atoms with Gasteiger partial charge in [-0.15, -0.1) is 0 Å². The first kappa shape index (κ1) is 17.7. The minimum atomic E-state index is -2.93. The van der Waals surface area contributed by atoms with E-state index in [0.717, 1.165) is 16.8 Å². The van der Waals surface area contributed by atoms with Crippen LogP contribution in [0.5, 0.6) is 0 Å². The van der Waals surface area contributed by atoms with Crippen LogP contribution in [-0.4, -0.2) is 14.8 Å². The second-order valence-electron chi connectivity index (χ2n) is 5.82. The molecule has 26 heavy (non-hydrogen) atoms. The number of nitrogens with zero attached hydrogens (tertiary/aromatic N) is 2. The zero-order valence-corrected chi connectivity index (χ0v) is 13.9. The second-order valence-corrected chi connectivity index (χ2v) is 5.82. The van der Waals surface area contributed by atoms with Gasteiger partial charge in [0.25, 0.3) is 12.0 Å². The molecule has 0 saturated heterocycles. The highest BCUT2D eigenvalue weighted by Crippen LogP contribution is 2.29. The predicted octanol–water partition coefficient (Wildman–Crippen LogP) is 2.87. The van der Waals surface area contributed by atoms with Crippen LogP contribution in [0.4, 0.5) is 19.0 Å². The summed E-state index contributed by atoms with van der Waals surface area (Å²) in [4.78, 5) is 26.1. The van der Waals surface area contributed by atoms with Gasteiger partial charge in [0.05, 0.1) is 17.0 Å². The highest BCUT2D eigenvalue weighted by molar-refractivity contribution is 5.90. The summed E-state index contributed by atoms with van der Waals surface area (Å²) in [5.74, 6) is -0.780. The van der Waals surface area contributed by atoms with Crippen LogP contribution in [0.15, 0.2) is 40.1 Å². The molecule has 0 spiro atoms. The predicted molar refractivity (Wildman–Crippen MR) is 91.0 cm³/mol. The number of fused-ring (bicyclic) bond motifs is 1. The van der Waals surface area contributed by atoms with Gasteiger partial charge < -0.3 is 10.3 Å². The normalized spacial score (nSPS) is 12.5. The van der Waals surface area contributed by atoms with Crippen molar-refractivity contribution in [1.82, 2.24) is 14.8 Å². The Balaban J connectivity index is 2.07. The lowest BCUT2D eigenvalue weighted by atomic mass is 10.0. The number of aryl methyl sites for hydroxylation is 1. The van der Waals surface area contributed by atoms with E-state index in [-0.39, 0.29) is 16.8 Å². The van der Waals surface area contributed by atoms with E-state index in [1.54, 1.807) is 6.92 Å². The van der Waals surface area contributed by atoms with E-state index in [0.29, 0.717) is 5.39 Å². The second kappa shape index (κ2) is 6.66. The number of H-pyrrole nitrogens is 1. The highest BCUT2D eigenvalue weighted by Gasteiger charge is 2.20. The summed E-state index contributed by atoms with van der Waals surface area (Å²) in [5, 5.41) is 7.48. The van der Waals surface area contributed by atoms with Crippen LogP contribution in [-0.2, 0) is 7.05 Å². The number of hydrogen-bond donors (Lipinski definition) is 2. The van der Waals surface area contributed by atoms with E-state index in [9.17, 15) is 22.8 Å². The third-order valence-electron chi connectivity index (χ3n) is 4.07. The number of rotatable bonds is 4. The van der Waals surface area contributed by atoms with Crippen LogP contribution in [0, 0.1) is 5.82 Å². The Morgan fingerprint density at radius 1 is 1.19 bits per heavy atom. The number of hydrogen-bond acceptors (Lipinski definition) is 4. The van der Waals surface area contributed by atoms with Gasteiger partial charge in [0.1, 0.15) is 5.82 Å². The molecule has 0 saturated carbocycles. The van der Waals surface area contributed by atoms with Gasteiger partial charge in [0, 0.05) is 30.3 Å². The van der Waals surface area contributed by atoms with Gasteiger partial charge in [-0.2, -0.15) is 5.10 Å². The molecule has 1 unspecified atom stereocenters. The molecule has 0 bridgehead atoms. The lowest BCUT2D eigenvalue weighted by Gasteiger charge is -2.18. The van der Waals surface area contributed by atoms with Crippen LogP contribution >= 0.6 is 0 Å². The maximum absolute atomic E-state index is 14.3. The summed E-state index contributed by atoms with van der Waals surface area (Å²) in [6.07, 6.45) is -1.60. The number of aromatic amines is 1. The molecule has 6 nitrogen and oxygen atoms in total. The van der Waals surface area contributed by atoms with Gasteiger partial charge in [-0.25, -0.2) is 17.9 Å². The molecular weight excluding hydrogens is 349 g/mol. The SMILES string of the molecule is CC(Nc1nn(C)c(=O)c2cc(=O)[nH]cc12)c1cccc(C(F)F)c1F. The first-order chi connectivity index (χ1) is 12.3. The zero-order valence-electron chi connectivity index (χ0n) is 13.9. The molecular formula is C17H15F3N4O2. The molecule has 0 aliphatic rings. The smallest absolute Gasteiger partial charge is 0.274 e. The lowest BCUT2D eigenvalue weighted by Crippen LogP contribution is -2.24. The van der Waals surface area contributed by atoms with Gasteiger partial charge in [-0.3, -0.25) is 9.59 Å². The summed E-state index contributed by atoms with van der Waals surface area (Å²) < 4.78 is 41.2. The molecule has 136 valence electrons. The monoisotopic (exact) mass is 364 g/mol. The average Bonchev–Trinajstić information content (AvgIpc) is 2.59. The minimum absolute atomic E-state index is 0.0380. The molecule has 3 rings (SSSR count). The Hall–Kier alpha value is -3.10. The highest BCUT2D eigenvalue weighted by atomic mass is 19.3. The Kier molecular flexibility index (Phi) is 4.54. The maximum atomic E-state index is 14.3. The van der Waals surface area contributed by atoms with Gasteiger partial charge in [-0.1, -0.05) is 18.2 Å². The van der Waals surface area contributed by atoms with Crippen molar-refractivity contribution < 1.29 is 13.2 Å². The number of benzene rings is 1. The van der Waals surface area contributed by atoms with Crippen LogP contribution in [0.2, 0.25) is 0 Å². The first-order valence-electron chi connectivity index (χ1n) is 7.72. The average molecular weight is 364 g/mol. The largest absolute Gasteiger partial charge is 0.361 e. The number of nitrogens with one attached hydrogen (secondary N) is 2. The third-order valence-corrected chi connectivity index (χ3v) is 4.07. The van der Waals surface area contributed by atoms with Gasteiger partial charge in [0.2, 0.25) is 5.56 Å². The van der Waals surface area contributed by atoms with Crippen molar-refractivity contribution in [2.75, 3.05) is 5.32 Å². The molecule has 0 amide bonds. The molecule has 0 radical (unpaired) electrons. The molecule has 0 aliphatic heterocycles. The van der Waals surface area contributed by atoms with Gasteiger partial charge in [-0.05, 0) is 6.92 Å². The fourth-order valence-corrected chi connectivity index (χ4v) is 2.73. The van der Waals surface area contributed by atoms with Gasteiger partial charge in [0.15, 0.2) is 5.82 Å². The summed E-state index contributed by atoms with van der Waals surface area (Å²) in [6.45, 7) is 1.58. The molecule has 9 heteroatoms. The number of anilines is 1. The molecule has 3 aromatic rings. The molecule has 0 fully saturated rings. The van der Waals surface area contributed by atoms with E-state index in [1.807, 2.05) is 0 Å². The summed E-state index contributed by atoms with van der Waals surface area (Å²) in [6, 6.07) is 4.20. The van der Waals surface area contributed by atoms with Crippen LogP contribution in [0.3, 0.4) is 0 Å². The van der Waals surface area contributed by atoms with Crippen LogP contribution < -0.4 is 16.4 Å². The topological polar surface area (TPSA) is 79.8 Å². The van der Waals surface area contributed by atoms with E-state index >= 15 is 0 Å². The molecule has 1 atom stereocenters. The number of pyridine rings is 1. The van der Waals surface area contributed by atoms with E-state index in [1.165, 1.54) is 25.4 Å². The number of halogens is 3. The quantitative estimate of drug-likeness (QED) is 0.746. The maximum Gasteiger partial charge on any atom is 0.274 e. The van der Waals surface area contributed by atoms with Crippen LogP contribution in [0.25, 0.3) is 10.8 Å². The van der Waals surface area contributed by atoms with Crippen molar-refractivity contribution in [1.29, 1.82) is 0 Å². The summed E-state index contributed by atoms with van der Waals surface area (Å²) in [7, 11) is 1.41. The summed E-state index contributed by atoms with van der Waals surface area (Å²) >= 11 is 0. The van der Waals surface area contributed by atoms with E-state index in [2.05, 4.69) is 15.4 Å². The van der Waals surface area contributed by atoms with Crippen molar-refractivity contribution in [3.63, 3.8) is 0 Å².